The molecular weight excluding hydrogens is 306 g/mol. The molecule has 0 spiro atoms. The van der Waals surface area contributed by atoms with Crippen molar-refractivity contribution >= 4 is 17.6 Å². The van der Waals surface area contributed by atoms with Crippen molar-refractivity contribution in [1.29, 1.82) is 0 Å². The van der Waals surface area contributed by atoms with E-state index in [1.165, 1.54) is 38.4 Å². The number of aromatic nitrogens is 1. The molecule has 136 valence electrons. The lowest BCUT2D eigenvalue weighted by Crippen LogP contribution is -2.42. The lowest BCUT2D eigenvalue weighted by molar-refractivity contribution is -0.136. The van der Waals surface area contributed by atoms with Crippen molar-refractivity contribution in [2.75, 3.05) is 11.9 Å². The molecule has 0 aliphatic heterocycles. The largest absolute Gasteiger partial charge is 0.363 e. The molecular formula is C18H31N3O3. The van der Waals surface area contributed by atoms with E-state index in [1.54, 1.807) is 11.0 Å². The average molecular weight is 337 g/mol. The number of nitrogens with zero attached hydrogens (tertiary/aromatic N) is 2. The Hall–Kier alpha value is -1.85. The minimum Gasteiger partial charge on any atom is -0.363 e. The molecule has 1 aromatic rings. The van der Waals surface area contributed by atoms with Crippen molar-refractivity contribution in [3.05, 3.63) is 12.3 Å². The number of carbonyl (C=O) groups is 2. The summed E-state index contributed by atoms with van der Waals surface area (Å²) in [7, 11) is 0. The van der Waals surface area contributed by atoms with Gasteiger partial charge in [-0.25, -0.2) is 0 Å². The van der Waals surface area contributed by atoms with Crippen molar-refractivity contribution in [3.63, 3.8) is 0 Å². The lowest BCUT2D eigenvalue weighted by Gasteiger charge is -2.26. The minimum absolute atomic E-state index is 0.00915. The highest BCUT2D eigenvalue weighted by molar-refractivity contribution is 5.93. The fourth-order valence-corrected chi connectivity index (χ4v) is 2.55. The third-order valence-electron chi connectivity index (χ3n) is 3.96. The number of unbranched alkanes of at least 4 members (excludes halogenated alkanes) is 6. The molecule has 0 fully saturated rings. The predicted molar refractivity (Wildman–Crippen MR) is 94.6 cm³/mol. The van der Waals surface area contributed by atoms with E-state index >= 15 is 0 Å². The normalized spacial score (nSPS) is 10.8. The number of hydrogen-bond acceptors (Lipinski definition) is 4. The summed E-state index contributed by atoms with van der Waals surface area (Å²) in [6, 6.07) is 1.56. The quantitative estimate of drug-likeness (QED) is 0.585. The Balaban J connectivity index is 2.30. The van der Waals surface area contributed by atoms with Crippen LogP contribution in [0.1, 0.15) is 72.1 Å². The van der Waals surface area contributed by atoms with E-state index in [0.29, 0.717) is 12.2 Å². The predicted octanol–water partition coefficient (Wildman–Crippen LogP) is 3.99. The van der Waals surface area contributed by atoms with Crippen LogP contribution in [0.15, 0.2) is 16.9 Å². The summed E-state index contributed by atoms with van der Waals surface area (Å²) in [5, 5.41) is 6.25. The second-order valence-corrected chi connectivity index (χ2v) is 6.42. The standard InChI is InChI=1S/C18H31N3O3/c1-4-5-6-7-8-9-10-11-18(23)21(15(2)3)14-17(22)19-16-12-13-24-20-16/h12-13,15H,4-11,14H2,1-3H3,(H,19,20,22). The summed E-state index contributed by atoms with van der Waals surface area (Å²) >= 11 is 0. The first-order chi connectivity index (χ1) is 11.5. The summed E-state index contributed by atoms with van der Waals surface area (Å²) in [4.78, 5) is 26.0. The van der Waals surface area contributed by atoms with Gasteiger partial charge in [0.15, 0.2) is 5.82 Å². The number of nitrogens with one attached hydrogen (secondary N) is 1. The molecule has 6 heteroatoms. The van der Waals surface area contributed by atoms with E-state index in [0.717, 1.165) is 12.8 Å². The molecule has 2 amide bonds. The van der Waals surface area contributed by atoms with Crippen LogP contribution in [0.3, 0.4) is 0 Å². The van der Waals surface area contributed by atoms with Crippen molar-refractivity contribution in [2.45, 2.75) is 78.2 Å². The first-order valence-corrected chi connectivity index (χ1v) is 9.04. The molecule has 1 rings (SSSR count). The minimum atomic E-state index is -0.259. The maximum Gasteiger partial charge on any atom is 0.245 e. The third kappa shape index (κ3) is 8.13. The van der Waals surface area contributed by atoms with Gasteiger partial charge in [0, 0.05) is 18.5 Å². The van der Waals surface area contributed by atoms with Gasteiger partial charge in [0.05, 0.1) is 0 Å². The van der Waals surface area contributed by atoms with Crippen LogP contribution in [0.4, 0.5) is 5.82 Å². The van der Waals surface area contributed by atoms with Crippen molar-refractivity contribution in [3.8, 4) is 0 Å². The molecule has 0 aliphatic rings. The summed E-state index contributed by atoms with van der Waals surface area (Å²) in [5.74, 6) is 0.141. The highest BCUT2D eigenvalue weighted by atomic mass is 16.5. The van der Waals surface area contributed by atoms with E-state index in [-0.39, 0.29) is 24.4 Å². The molecule has 0 aliphatic carbocycles. The molecule has 0 bridgehead atoms. The van der Waals surface area contributed by atoms with Crippen LogP contribution in [0, 0.1) is 0 Å². The number of hydrogen-bond donors (Lipinski definition) is 1. The van der Waals surface area contributed by atoms with E-state index in [2.05, 4.69) is 21.9 Å². The average Bonchev–Trinajstić information content (AvgIpc) is 3.04. The Bertz CT molecular complexity index is 472. The molecule has 0 unspecified atom stereocenters. The van der Waals surface area contributed by atoms with Gasteiger partial charge in [-0.1, -0.05) is 50.6 Å². The number of anilines is 1. The second kappa shape index (κ2) is 11.6. The summed E-state index contributed by atoms with van der Waals surface area (Å²) < 4.78 is 4.67. The van der Waals surface area contributed by atoms with Gasteiger partial charge >= 0.3 is 0 Å². The van der Waals surface area contributed by atoms with Crippen molar-refractivity contribution < 1.29 is 14.1 Å². The van der Waals surface area contributed by atoms with Gasteiger partial charge in [0.1, 0.15) is 12.8 Å². The molecule has 24 heavy (non-hydrogen) atoms. The molecule has 6 nitrogen and oxygen atoms in total. The van der Waals surface area contributed by atoms with Crippen LogP contribution in [0.25, 0.3) is 0 Å². The van der Waals surface area contributed by atoms with Crippen LogP contribution in [-0.4, -0.2) is 34.5 Å². The fraction of sp³-hybridized carbons (Fsp3) is 0.722. The number of amides is 2. The Morgan fingerprint density at radius 3 is 2.42 bits per heavy atom. The summed E-state index contributed by atoms with van der Waals surface area (Å²) in [6.07, 6.45) is 10.1. The maximum atomic E-state index is 12.4. The van der Waals surface area contributed by atoms with E-state index in [4.69, 9.17) is 0 Å². The van der Waals surface area contributed by atoms with Gasteiger partial charge in [-0.2, -0.15) is 0 Å². The van der Waals surface area contributed by atoms with Gasteiger partial charge in [0.25, 0.3) is 0 Å². The maximum absolute atomic E-state index is 12.4. The van der Waals surface area contributed by atoms with Crippen molar-refractivity contribution in [1.82, 2.24) is 10.1 Å². The van der Waals surface area contributed by atoms with Gasteiger partial charge in [-0.05, 0) is 20.3 Å². The van der Waals surface area contributed by atoms with Gasteiger partial charge in [-0.3, -0.25) is 9.59 Å². The number of rotatable bonds is 12. The van der Waals surface area contributed by atoms with Crippen LogP contribution in [0.2, 0.25) is 0 Å². The van der Waals surface area contributed by atoms with Gasteiger partial charge < -0.3 is 14.7 Å². The Morgan fingerprint density at radius 1 is 1.17 bits per heavy atom. The topological polar surface area (TPSA) is 75.4 Å². The zero-order chi connectivity index (χ0) is 17.8. The van der Waals surface area contributed by atoms with Crippen LogP contribution < -0.4 is 5.32 Å². The van der Waals surface area contributed by atoms with Crippen LogP contribution in [-0.2, 0) is 9.59 Å². The molecule has 0 saturated carbocycles. The zero-order valence-electron chi connectivity index (χ0n) is 15.2. The first-order valence-electron chi connectivity index (χ1n) is 9.04. The molecule has 1 aromatic heterocycles. The number of carbonyl (C=O) groups excluding carboxylic acids is 2. The molecule has 0 radical (unpaired) electrons. The third-order valence-corrected chi connectivity index (χ3v) is 3.96. The summed E-state index contributed by atoms with van der Waals surface area (Å²) in [5.41, 5.74) is 0. The molecule has 0 saturated heterocycles. The Labute approximate surface area is 145 Å². The fourth-order valence-electron chi connectivity index (χ4n) is 2.55. The van der Waals surface area contributed by atoms with Crippen molar-refractivity contribution in [2.24, 2.45) is 0 Å². The highest BCUT2D eigenvalue weighted by Gasteiger charge is 2.20. The Kier molecular flexibility index (Phi) is 9.80. The monoisotopic (exact) mass is 337 g/mol. The molecule has 1 N–H and O–H groups in total. The van der Waals surface area contributed by atoms with Gasteiger partial charge in [0.2, 0.25) is 11.8 Å². The van der Waals surface area contributed by atoms with E-state index in [9.17, 15) is 9.59 Å². The lowest BCUT2D eigenvalue weighted by atomic mass is 10.1. The Morgan fingerprint density at radius 2 is 1.83 bits per heavy atom. The van der Waals surface area contributed by atoms with E-state index < -0.39 is 0 Å². The zero-order valence-corrected chi connectivity index (χ0v) is 15.2. The molecule has 0 aromatic carbocycles. The molecule has 1 heterocycles. The smallest absolute Gasteiger partial charge is 0.245 e. The SMILES string of the molecule is CCCCCCCCCC(=O)N(CC(=O)Nc1ccon1)C(C)C. The first kappa shape index (κ1) is 20.2. The molecule has 0 atom stereocenters. The second-order valence-electron chi connectivity index (χ2n) is 6.42. The summed E-state index contributed by atoms with van der Waals surface area (Å²) in [6.45, 7) is 6.09. The van der Waals surface area contributed by atoms with Crippen LogP contribution in [0.5, 0.6) is 0 Å². The van der Waals surface area contributed by atoms with Crippen LogP contribution >= 0.6 is 0 Å². The van der Waals surface area contributed by atoms with E-state index in [1.807, 2.05) is 13.8 Å². The highest BCUT2D eigenvalue weighted by Crippen LogP contribution is 2.11. The van der Waals surface area contributed by atoms with Gasteiger partial charge in [-0.15, -0.1) is 0 Å².